The molecule has 0 amide bonds. The molecule has 0 bridgehead atoms. The summed E-state index contributed by atoms with van der Waals surface area (Å²) in [6.07, 6.45) is 1.01. The van der Waals surface area contributed by atoms with Gasteiger partial charge in [0.05, 0.1) is 5.02 Å². The van der Waals surface area contributed by atoms with Crippen LogP contribution in [0.3, 0.4) is 0 Å². The van der Waals surface area contributed by atoms with E-state index in [1.807, 2.05) is 43.3 Å². The molecule has 1 N–H and O–H groups in total. The molecule has 1 aromatic carbocycles. The Morgan fingerprint density at radius 2 is 1.95 bits per heavy atom. The zero-order chi connectivity index (χ0) is 15.2. The second-order valence-corrected chi connectivity index (χ2v) is 6.01. The Morgan fingerprint density at radius 3 is 2.62 bits per heavy atom. The van der Waals surface area contributed by atoms with Crippen molar-refractivity contribution in [2.75, 3.05) is 30.9 Å². The van der Waals surface area contributed by atoms with Crippen LogP contribution in [0.4, 0.5) is 11.9 Å². The minimum Gasteiger partial charge on any atom is -0.354 e. The topological polar surface area (TPSA) is 53.9 Å². The lowest BCUT2D eigenvalue weighted by Gasteiger charge is -2.13. The fraction of sp³-hybridized carbons (Fsp3) is 0.357. The van der Waals surface area contributed by atoms with Crippen LogP contribution in [0, 0.1) is 0 Å². The Bertz CT molecular complexity index is 606. The molecule has 0 unspecified atom stereocenters. The maximum Gasteiger partial charge on any atom is 0.230 e. The van der Waals surface area contributed by atoms with E-state index in [9.17, 15) is 0 Å². The summed E-state index contributed by atoms with van der Waals surface area (Å²) in [6, 6.07) is 7.65. The minimum absolute atomic E-state index is 0.588. The molecule has 0 saturated carbocycles. The summed E-state index contributed by atoms with van der Waals surface area (Å²) in [5.74, 6) is 1.21. The van der Waals surface area contributed by atoms with E-state index in [0.29, 0.717) is 22.1 Å². The SMILES string of the molecule is CCCNc1nc(Sc2ccccc2Cl)nc(N(C)C)n1. The van der Waals surface area contributed by atoms with Crippen LogP contribution in [0.5, 0.6) is 0 Å². The van der Waals surface area contributed by atoms with Crippen LogP contribution < -0.4 is 10.2 Å². The first kappa shape index (κ1) is 15.9. The lowest BCUT2D eigenvalue weighted by Crippen LogP contribution is -2.16. The lowest BCUT2D eigenvalue weighted by molar-refractivity contribution is 0.852. The molecule has 21 heavy (non-hydrogen) atoms. The van der Waals surface area contributed by atoms with E-state index in [4.69, 9.17) is 11.6 Å². The van der Waals surface area contributed by atoms with Crippen molar-refractivity contribution in [3.05, 3.63) is 29.3 Å². The van der Waals surface area contributed by atoms with Crippen molar-refractivity contribution in [3.8, 4) is 0 Å². The average molecular weight is 324 g/mol. The Labute approximate surface area is 134 Å². The third kappa shape index (κ3) is 4.47. The Balaban J connectivity index is 2.29. The van der Waals surface area contributed by atoms with Crippen molar-refractivity contribution in [3.63, 3.8) is 0 Å². The van der Waals surface area contributed by atoms with Crippen molar-refractivity contribution in [2.24, 2.45) is 0 Å². The fourth-order valence-electron chi connectivity index (χ4n) is 1.53. The molecular weight excluding hydrogens is 306 g/mol. The van der Waals surface area contributed by atoms with Gasteiger partial charge in [-0.2, -0.15) is 15.0 Å². The van der Waals surface area contributed by atoms with E-state index in [2.05, 4.69) is 27.2 Å². The monoisotopic (exact) mass is 323 g/mol. The normalized spacial score (nSPS) is 10.5. The summed E-state index contributed by atoms with van der Waals surface area (Å²) in [4.78, 5) is 16.0. The summed E-state index contributed by atoms with van der Waals surface area (Å²) < 4.78 is 0. The molecule has 112 valence electrons. The number of rotatable bonds is 6. The number of benzene rings is 1. The van der Waals surface area contributed by atoms with E-state index in [-0.39, 0.29) is 0 Å². The largest absolute Gasteiger partial charge is 0.354 e. The molecule has 0 saturated heterocycles. The zero-order valence-corrected chi connectivity index (χ0v) is 13.9. The number of aromatic nitrogens is 3. The molecule has 0 spiro atoms. The van der Waals surface area contributed by atoms with Gasteiger partial charge in [-0.25, -0.2) is 0 Å². The second kappa shape index (κ2) is 7.47. The molecule has 1 heterocycles. The van der Waals surface area contributed by atoms with E-state index in [1.54, 1.807) is 0 Å². The molecule has 2 aromatic rings. The molecular formula is C14H18ClN5S. The Hall–Kier alpha value is -1.53. The predicted molar refractivity (Wildman–Crippen MR) is 88.5 cm³/mol. The number of nitrogens with one attached hydrogen (secondary N) is 1. The highest BCUT2D eigenvalue weighted by atomic mass is 35.5. The van der Waals surface area contributed by atoms with Crippen molar-refractivity contribution in [1.29, 1.82) is 0 Å². The second-order valence-electron chi connectivity index (χ2n) is 4.60. The van der Waals surface area contributed by atoms with Crippen molar-refractivity contribution >= 4 is 35.3 Å². The van der Waals surface area contributed by atoms with Gasteiger partial charge in [-0.15, -0.1) is 0 Å². The first-order valence-corrected chi connectivity index (χ1v) is 7.89. The van der Waals surface area contributed by atoms with E-state index in [1.165, 1.54) is 11.8 Å². The number of anilines is 2. The van der Waals surface area contributed by atoms with Gasteiger partial charge in [0, 0.05) is 25.5 Å². The summed E-state index contributed by atoms with van der Waals surface area (Å²) in [6.45, 7) is 2.92. The first-order valence-electron chi connectivity index (χ1n) is 6.69. The smallest absolute Gasteiger partial charge is 0.230 e. The molecule has 5 nitrogen and oxygen atoms in total. The third-order valence-corrected chi connectivity index (χ3v) is 3.96. The van der Waals surface area contributed by atoms with Gasteiger partial charge in [-0.1, -0.05) is 30.7 Å². The van der Waals surface area contributed by atoms with Gasteiger partial charge in [-0.3, -0.25) is 0 Å². The van der Waals surface area contributed by atoms with Gasteiger partial charge >= 0.3 is 0 Å². The van der Waals surface area contributed by atoms with E-state index < -0.39 is 0 Å². The van der Waals surface area contributed by atoms with Crippen LogP contribution in [0.1, 0.15) is 13.3 Å². The van der Waals surface area contributed by atoms with Gasteiger partial charge in [0.15, 0.2) is 5.16 Å². The van der Waals surface area contributed by atoms with Crippen molar-refractivity contribution < 1.29 is 0 Å². The standard InChI is InChI=1S/C14H18ClN5S/c1-4-9-16-12-17-13(20(2)3)19-14(18-12)21-11-8-6-5-7-10(11)15/h5-8H,4,9H2,1-3H3,(H,16,17,18,19). The molecule has 1 aromatic heterocycles. The molecule has 0 aliphatic rings. The van der Waals surface area contributed by atoms with Crippen molar-refractivity contribution in [1.82, 2.24) is 15.0 Å². The molecule has 0 aliphatic heterocycles. The number of halogens is 1. The maximum absolute atomic E-state index is 6.18. The summed E-state index contributed by atoms with van der Waals surface area (Å²) in [7, 11) is 3.81. The van der Waals surface area contributed by atoms with Gasteiger partial charge < -0.3 is 10.2 Å². The summed E-state index contributed by atoms with van der Waals surface area (Å²) in [5.41, 5.74) is 0. The molecule has 0 fully saturated rings. The van der Waals surface area contributed by atoms with Gasteiger partial charge in [-0.05, 0) is 30.3 Å². The van der Waals surface area contributed by atoms with Crippen LogP contribution in [-0.4, -0.2) is 35.6 Å². The summed E-state index contributed by atoms with van der Waals surface area (Å²) >= 11 is 7.61. The zero-order valence-electron chi connectivity index (χ0n) is 12.3. The highest BCUT2D eigenvalue weighted by Crippen LogP contribution is 2.31. The average Bonchev–Trinajstić information content (AvgIpc) is 2.47. The van der Waals surface area contributed by atoms with E-state index >= 15 is 0 Å². The minimum atomic E-state index is 0.588. The van der Waals surface area contributed by atoms with Crippen LogP contribution >= 0.6 is 23.4 Å². The number of hydrogen-bond acceptors (Lipinski definition) is 6. The Morgan fingerprint density at radius 1 is 1.19 bits per heavy atom. The highest BCUT2D eigenvalue weighted by molar-refractivity contribution is 7.99. The Kier molecular flexibility index (Phi) is 5.64. The van der Waals surface area contributed by atoms with Crippen molar-refractivity contribution in [2.45, 2.75) is 23.4 Å². The third-order valence-electron chi connectivity index (χ3n) is 2.57. The van der Waals surface area contributed by atoms with Gasteiger partial charge in [0.2, 0.25) is 11.9 Å². The maximum atomic E-state index is 6.18. The summed E-state index contributed by atoms with van der Waals surface area (Å²) in [5, 5.41) is 4.51. The molecule has 0 atom stereocenters. The predicted octanol–water partition coefficient (Wildman–Crippen LogP) is 3.56. The molecule has 2 rings (SSSR count). The van der Waals surface area contributed by atoms with Crippen LogP contribution in [0.15, 0.2) is 34.3 Å². The van der Waals surface area contributed by atoms with Crippen LogP contribution in [-0.2, 0) is 0 Å². The van der Waals surface area contributed by atoms with E-state index in [0.717, 1.165) is 17.9 Å². The first-order chi connectivity index (χ1) is 10.1. The molecule has 0 radical (unpaired) electrons. The lowest BCUT2D eigenvalue weighted by atomic mass is 10.4. The van der Waals surface area contributed by atoms with Gasteiger partial charge in [0.25, 0.3) is 0 Å². The number of nitrogens with zero attached hydrogens (tertiary/aromatic N) is 4. The van der Waals surface area contributed by atoms with Crippen LogP contribution in [0.2, 0.25) is 5.02 Å². The number of hydrogen-bond donors (Lipinski definition) is 1. The molecule has 0 aliphatic carbocycles. The van der Waals surface area contributed by atoms with Crippen LogP contribution in [0.25, 0.3) is 0 Å². The quantitative estimate of drug-likeness (QED) is 0.877. The fourth-order valence-corrected chi connectivity index (χ4v) is 2.55. The van der Waals surface area contributed by atoms with Gasteiger partial charge in [0.1, 0.15) is 0 Å². The highest BCUT2D eigenvalue weighted by Gasteiger charge is 2.10. The molecule has 7 heteroatoms.